The number of para-hydroxylation sites is 1. The summed E-state index contributed by atoms with van der Waals surface area (Å²) in [6.07, 6.45) is 1.45. The fraction of sp³-hybridized carbons (Fsp3) is 0.167. The number of rotatable bonds is 4. The van der Waals surface area contributed by atoms with Crippen LogP contribution in [0.4, 0.5) is 11.4 Å². The Morgan fingerprint density at radius 1 is 1.42 bits per heavy atom. The van der Waals surface area contributed by atoms with E-state index in [2.05, 4.69) is 15.8 Å². The lowest BCUT2D eigenvalue weighted by Crippen LogP contribution is -2.29. The predicted molar refractivity (Wildman–Crippen MR) is 70.5 cm³/mol. The number of fused-ring (bicyclic) bond motifs is 1. The average Bonchev–Trinajstić information content (AvgIpc) is 2.43. The summed E-state index contributed by atoms with van der Waals surface area (Å²) in [5.74, 6) is -0.254. The zero-order valence-corrected chi connectivity index (χ0v) is 10.2. The Bertz CT molecular complexity index is 642. The number of pyridine rings is 1. The lowest BCUT2D eigenvalue weighted by Gasteiger charge is -2.10. The van der Waals surface area contributed by atoms with Crippen molar-refractivity contribution in [2.45, 2.75) is 13.3 Å². The molecular formula is C12H12N4O3. The number of carbonyl (C=O) groups is 1. The average molecular weight is 260 g/mol. The van der Waals surface area contributed by atoms with E-state index in [1.807, 2.05) is 0 Å². The van der Waals surface area contributed by atoms with E-state index in [0.717, 1.165) is 0 Å². The monoisotopic (exact) mass is 260 g/mol. The molecule has 0 saturated carbocycles. The predicted octanol–water partition coefficient (Wildman–Crippen LogP) is 2.00. The van der Waals surface area contributed by atoms with Crippen molar-refractivity contribution in [1.29, 1.82) is 0 Å². The molecule has 0 radical (unpaired) electrons. The number of hydrogen-bond donors (Lipinski definition) is 2. The quantitative estimate of drug-likeness (QED) is 0.647. The minimum absolute atomic E-state index is 0.185. The molecule has 19 heavy (non-hydrogen) atoms. The first-order valence-electron chi connectivity index (χ1n) is 5.70. The molecule has 1 aromatic carbocycles. The van der Waals surface area contributed by atoms with Gasteiger partial charge in [0, 0.05) is 11.8 Å². The molecular weight excluding hydrogens is 248 g/mol. The van der Waals surface area contributed by atoms with Crippen molar-refractivity contribution < 1.29 is 9.72 Å². The maximum Gasteiger partial charge on any atom is 0.312 e. The van der Waals surface area contributed by atoms with E-state index in [1.165, 1.54) is 6.20 Å². The van der Waals surface area contributed by atoms with Crippen molar-refractivity contribution >= 4 is 28.2 Å². The molecule has 7 nitrogen and oxygen atoms in total. The van der Waals surface area contributed by atoms with E-state index < -0.39 is 4.92 Å². The van der Waals surface area contributed by atoms with Crippen LogP contribution in [0, 0.1) is 10.1 Å². The zero-order valence-electron chi connectivity index (χ0n) is 10.2. The fourth-order valence-corrected chi connectivity index (χ4v) is 1.62. The van der Waals surface area contributed by atoms with Crippen molar-refractivity contribution in [3.8, 4) is 0 Å². The van der Waals surface area contributed by atoms with Gasteiger partial charge in [-0.2, -0.15) is 0 Å². The number of hydrazine groups is 1. The van der Waals surface area contributed by atoms with Gasteiger partial charge < -0.3 is 0 Å². The molecule has 0 atom stereocenters. The number of aromatic nitrogens is 1. The van der Waals surface area contributed by atoms with Crippen molar-refractivity contribution in [2.75, 3.05) is 5.43 Å². The summed E-state index contributed by atoms with van der Waals surface area (Å²) in [4.78, 5) is 25.7. The molecule has 0 aliphatic rings. The van der Waals surface area contributed by atoms with Crippen LogP contribution < -0.4 is 10.9 Å². The van der Waals surface area contributed by atoms with Crippen LogP contribution in [0.3, 0.4) is 0 Å². The lowest BCUT2D eigenvalue weighted by atomic mass is 10.2. The first-order chi connectivity index (χ1) is 9.13. The van der Waals surface area contributed by atoms with Crippen molar-refractivity contribution in [2.24, 2.45) is 0 Å². The fourth-order valence-electron chi connectivity index (χ4n) is 1.62. The number of amides is 1. The molecule has 0 bridgehead atoms. The Hall–Kier alpha value is -2.70. The van der Waals surface area contributed by atoms with Gasteiger partial charge in [0.1, 0.15) is 11.9 Å². The van der Waals surface area contributed by atoms with Crippen molar-refractivity contribution in [1.82, 2.24) is 10.4 Å². The molecule has 2 rings (SSSR count). The summed E-state index contributed by atoms with van der Waals surface area (Å²) in [6.45, 7) is 1.69. The number of nitro groups is 1. The van der Waals surface area contributed by atoms with Crippen LogP contribution in [0.15, 0.2) is 30.5 Å². The van der Waals surface area contributed by atoms with Crippen LogP contribution in [0.1, 0.15) is 13.3 Å². The minimum atomic E-state index is -0.542. The highest BCUT2D eigenvalue weighted by atomic mass is 16.6. The molecule has 1 heterocycles. The SMILES string of the molecule is CCC(=O)NNc1c([N+](=O)[O-])cnc2ccccc12. The summed E-state index contributed by atoms with van der Waals surface area (Å²) in [5.41, 5.74) is 5.68. The Morgan fingerprint density at radius 2 is 2.16 bits per heavy atom. The van der Waals surface area contributed by atoms with E-state index in [1.54, 1.807) is 31.2 Å². The maximum absolute atomic E-state index is 11.2. The van der Waals surface area contributed by atoms with Gasteiger partial charge in [0.15, 0.2) is 0 Å². The molecule has 0 aliphatic heterocycles. The molecule has 1 aromatic heterocycles. The molecule has 0 spiro atoms. The highest BCUT2D eigenvalue weighted by Crippen LogP contribution is 2.30. The highest BCUT2D eigenvalue weighted by molar-refractivity contribution is 5.96. The molecule has 0 aliphatic carbocycles. The third kappa shape index (κ3) is 2.59. The second kappa shape index (κ2) is 5.30. The topological polar surface area (TPSA) is 97.2 Å². The van der Waals surface area contributed by atoms with E-state index in [9.17, 15) is 14.9 Å². The number of hydrogen-bond acceptors (Lipinski definition) is 5. The largest absolute Gasteiger partial charge is 0.312 e. The zero-order chi connectivity index (χ0) is 13.8. The van der Waals surface area contributed by atoms with Crippen LogP contribution >= 0.6 is 0 Å². The normalized spacial score (nSPS) is 10.2. The van der Waals surface area contributed by atoms with E-state index >= 15 is 0 Å². The van der Waals surface area contributed by atoms with Crippen LogP contribution in [-0.4, -0.2) is 15.8 Å². The summed E-state index contributed by atoms with van der Waals surface area (Å²) < 4.78 is 0. The number of carbonyl (C=O) groups excluding carboxylic acids is 1. The standard InChI is InChI=1S/C12H12N4O3/c1-2-11(17)14-15-12-8-5-3-4-6-9(8)13-7-10(12)16(18)19/h3-7H,2H2,1H3,(H,13,15)(H,14,17). The Morgan fingerprint density at radius 3 is 2.84 bits per heavy atom. The lowest BCUT2D eigenvalue weighted by molar-refractivity contribution is -0.384. The summed E-state index contributed by atoms with van der Waals surface area (Å²) >= 11 is 0. The third-order valence-electron chi connectivity index (χ3n) is 2.60. The molecule has 7 heteroatoms. The molecule has 2 N–H and O–H groups in total. The molecule has 0 saturated heterocycles. The van der Waals surface area contributed by atoms with Crippen molar-refractivity contribution in [3.05, 3.63) is 40.6 Å². The van der Waals surface area contributed by atoms with Gasteiger partial charge in [-0.25, -0.2) is 4.98 Å². The summed E-state index contributed by atoms with van der Waals surface area (Å²) in [7, 11) is 0. The van der Waals surface area contributed by atoms with Crippen LogP contribution in [0.2, 0.25) is 0 Å². The maximum atomic E-state index is 11.2. The smallest absolute Gasteiger partial charge is 0.292 e. The van der Waals surface area contributed by atoms with Gasteiger partial charge in [-0.3, -0.25) is 25.8 Å². The highest BCUT2D eigenvalue weighted by Gasteiger charge is 2.18. The van der Waals surface area contributed by atoms with Crippen LogP contribution in [-0.2, 0) is 4.79 Å². The van der Waals surface area contributed by atoms with E-state index in [0.29, 0.717) is 10.9 Å². The van der Waals surface area contributed by atoms with Gasteiger partial charge in [-0.15, -0.1) is 0 Å². The van der Waals surface area contributed by atoms with Gasteiger partial charge in [-0.05, 0) is 6.07 Å². The summed E-state index contributed by atoms with van der Waals surface area (Å²) in [6, 6.07) is 6.98. The van der Waals surface area contributed by atoms with Gasteiger partial charge in [0.05, 0.1) is 10.4 Å². The number of anilines is 1. The molecule has 2 aromatic rings. The van der Waals surface area contributed by atoms with Crippen molar-refractivity contribution in [3.63, 3.8) is 0 Å². The first kappa shape index (κ1) is 12.7. The van der Waals surface area contributed by atoms with Gasteiger partial charge >= 0.3 is 5.69 Å². The van der Waals surface area contributed by atoms with Crippen LogP contribution in [0.5, 0.6) is 0 Å². The Balaban J connectivity index is 2.49. The van der Waals surface area contributed by atoms with Crippen LogP contribution in [0.25, 0.3) is 10.9 Å². The van der Waals surface area contributed by atoms with Gasteiger partial charge in [0.2, 0.25) is 5.91 Å². The second-order valence-corrected chi connectivity index (χ2v) is 3.82. The Kier molecular flexibility index (Phi) is 3.56. The number of benzene rings is 1. The van der Waals surface area contributed by atoms with E-state index in [-0.39, 0.29) is 23.7 Å². The molecule has 98 valence electrons. The molecule has 0 fully saturated rings. The van der Waals surface area contributed by atoms with E-state index in [4.69, 9.17) is 0 Å². The van der Waals surface area contributed by atoms with Gasteiger partial charge in [-0.1, -0.05) is 25.1 Å². The first-order valence-corrected chi connectivity index (χ1v) is 5.70. The number of nitrogens with one attached hydrogen (secondary N) is 2. The second-order valence-electron chi connectivity index (χ2n) is 3.82. The summed E-state index contributed by atoms with van der Waals surface area (Å²) in [5, 5.41) is 11.6. The molecule has 1 amide bonds. The third-order valence-corrected chi connectivity index (χ3v) is 2.60. The molecule has 0 unspecified atom stereocenters. The Labute approximate surface area is 108 Å². The minimum Gasteiger partial charge on any atom is -0.292 e. The number of nitrogens with zero attached hydrogens (tertiary/aromatic N) is 2. The van der Waals surface area contributed by atoms with Gasteiger partial charge in [0.25, 0.3) is 0 Å².